The Bertz CT molecular complexity index is 361. The van der Waals surface area contributed by atoms with Gasteiger partial charge in [-0.3, -0.25) is 0 Å². The number of allylic oxidation sites excluding steroid dienone is 1. The molecule has 1 aromatic rings. The van der Waals surface area contributed by atoms with Crippen LogP contribution in [0.5, 0.6) is 0 Å². The van der Waals surface area contributed by atoms with Crippen LogP contribution in [0.3, 0.4) is 0 Å². The monoisotopic (exact) mass is 235 g/mol. The van der Waals surface area contributed by atoms with E-state index in [1.807, 2.05) is 37.3 Å². The third-order valence-corrected chi connectivity index (χ3v) is 2.58. The van der Waals surface area contributed by atoms with Gasteiger partial charge in [-0.2, -0.15) is 5.26 Å². The van der Waals surface area contributed by atoms with Crippen molar-refractivity contribution in [1.82, 2.24) is 0 Å². The fourth-order valence-electron chi connectivity index (χ4n) is 1.03. The molecule has 0 N–H and O–H groups in total. The molecule has 0 aromatic heterocycles. The van der Waals surface area contributed by atoms with E-state index in [1.54, 1.807) is 0 Å². The molecule has 0 radical (unpaired) electrons. The number of hydrogen-bond donors (Lipinski definition) is 0. The topological polar surface area (TPSA) is 23.8 Å². The molecular weight excluding hydrogens is 226 g/mol. The van der Waals surface area contributed by atoms with Crippen LogP contribution in [-0.4, -0.2) is 5.33 Å². The zero-order chi connectivity index (χ0) is 9.68. The summed E-state index contributed by atoms with van der Waals surface area (Å²) in [4.78, 5) is 0. The first-order valence-corrected chi connectivity index (χ1v) is 5.12. The van der Waals surface area contributed by atoms with Crippen LogP contribution < -0.4 is 0 Å². The van der Waals surface area contributed by atoms with E-state index < -0.39 is 0 Å². The Kier molecular flexibility index (Phi) is 3.72. The van der Waals surface area contributed by atoms with Gasteiger partial charge in [0.15, 0.2) is 0 Å². The van der Waals surface area contributed by atoms with Crippen LogP contribution in [0.2, 0.25) is 0 Å². The third-order valence-electron chi connectivity index (χ3n) is 1.69. The minimum Gasteiger partial charge on any atom is -0.192 e. The fraction of sp³-hybridized carbons (Fsp3) is 0.182. The summed E-state index contributed by atoms with van der Waals surface area (Å²) in [7, 11) is 0. The summed E-state index contributed by atoms with van der Waals surface area (Å²) in [6.45, 7) is 2.03. The van der Waals surface area contributed by atoms with E-state index in [0.29, 0.717) is 0 Å². The number of nitriles is 1. The van der Waals surface area contributed by atoms with Crippen LogP contribution in [0.25, 0.3) is 6.08 Å². The summed E-state index contributed by atoms with van der Waals surface area (Å²) in [5, 5.41) is 9.65. The van der Waals surface area contributed by atoms with Crippen LogP contribution in [0.15, 0.2) is 29.8 Å². The van der Waals surface area contributed by atoms with E-state index in [1.165, 1.54) is 5.57 Å². The molecule has 0 fully saturated rings. The van der Waals surface area contributed by atoms with E-state index in [2.05, 4.69) is 22.0 Å². The lowest BCUT2D eigenvalue weighted by Crippen LogP contribution is -1.83. The zero-order valence-corrected chi connectivity index (χ0v) is 9.01. The minimum absolute atomic E-state index is 0.725. The van der Waals surface area contributed by atoms with Crippen molar-refractivity contribution in [2.45, 2.75) is 6.92 Å². The lowest BCUT2D eigenvalue weighted by molar-refractivity contribution is 1.43. The van der Waals surface area contributed by atoms with Crippen LogP contribution in [0, 0.1) is 11.3 Å². The van der Waals surface area contributed by atoms with Crippen molar-refractivity contribution >= 4 is 22.0 Å². The van der Waals surface area contributed by atoms with Gasteiger partial charge in [-0.15, -0.1) is 0 Å². The summed E-state index contributed by atoms with van der Waals surface area (Å²) in [6.07, 6.45) is 2.02. The summed E-state index contributed by atoms with van der Waals surface area (Å²) in [5.74, 6) is 0. The predicted molar refractivity (Wildman–Crippen MR) is 58.6 cm³/mol. The first-order valence-electron chi connectivity index (χ1n) is 4.00. The van der Waals surface area contributed by atoms with E-state index in [-0.39, 0.29) is 0 Å². The molecule has 0 spiro atoms. The quantitative estimate of drug-likeness (QED) is 0.722. The molecule has 0 atom stereocenters. The fourth-order valence-corrected chi connectivity index (χ4v) is 1.19. The van der Waals surface area contributed by atoms with Crippen LogP contribution >= 0.6 is 15.9 Å². The van der Waals surface area contributed by atoms with Crippen LogP contribution in [-0.2, 0) is 0 Å². The Hall–Kier alpha value is -1.07. The highest BCUT2D eigenvalue weighted by Crippen LogP contribution is 2.12. The van der Waals surface area contributed by atoms with Gasteiger partial charge in [0.05, 0.1) is 11.6 Å². The van der Waals surface area contributed by atoms with Gasteiger partial charge < -0.3 is 0 Å². The number of halogens is 1. The van der Waals surface area contributed by atoms with Crippen molar-refractivity contribution in [3.05, 3.63) is 41.0 Å². The van der Waals surface area contributed by atoms with Crippen LogP contribution in [0.4, 0.5) is 0 Å². The molecule has 66 valence electrons. The second-order valence-corrected chi connectivity index (χ2v) is 3.38. The van der Waals surface area contributed by atoms with Crippen LogP contribution in [0.1, 0.15) is 18.1 Å². The van der Waals surface area contributed by atoms with E-state index >= 15 is 0 Å². The molecular formula is C11H10BrN. The maximum atomic E-state index is 8.81. The third kappa shape index (κ3) is 2.71. The Morgan fingerprint density at radius 3 is 2.85 bits per heavy atom. The molecule has 1 nitrogen and oxygen atoms in total. The Labute approximate surface area is 86.8 Å². The zero-order valence-electron chi connectivity index (χ0n) is 7.42. The second kappa shape index (κ2) is 4.84. The lowest BCUT2D eigenvalue weighted by Gasteiger charge is -1.98. The number of alkyl halides is 1. The molecule has 0 bridgehead atoms. The molecule has 0 aliphatic rings. The molecule has 0 aliphatic heterocycles. The maximum Gasteiger partial charge on any atom is 0.0997 e. The van der Waals surface area contributed by atoms with Gasteiger partial charge in [0.25, 0.3) is 0 Å². The van der Waals surface area contributed by atoms with Gasteiger partial charge in [0.1, 0.15) is 0 Å². The summed E-state index contributed by atoms with van der Waals surface area (Å²) in [6, 6.07) is 9.75. The van der Waals surface area contributed by atoms with Crippen molar-refractivity contribution in [3.63, 3.8) is 0 Å². The standard InChI is InChI=1S/C11H10BrN/c1-9(7-12)6-10-4-2-3-5-11(10)8-13/h2-6H,7H2,1H3/b9-6-. The molecule has 2 heteroatoms. The number of nitrogens with zero attached hydrogens (tertiary/aromatic N) is 1. The summed E-state index contributed by atoms with van der Waals surface area (Å²) >= 11 is 3.37. The predicted octanol–water partition coefficient (Wildman–Crippen LogP) is 3.36. The first-order chi connectivity index (χ1) is 6.27. The number of benzene rings is 1. The highest BCUT2D eigenvalue weighted by atomic mass is 79.9. The highest BCUT2D eigenvalue weighted by Gasteiger charge is 1.96. The van der Waals surface area contributed by atoms with Crippen molar-refractivity contribution in [3.8, 4) is 6.07 Å². The highest BCUT2D eigenvalue weighted by molar-refractivity contribution is 9.09. The maximum absolute atomic E-state index is 8.81. The molecule has 0 unspecified atom stereocenters. The lowest BCUT2D eigenvalue weighted by atomic mass is 10.1. The second-order valence-electron chi connectivity index (χ2n) is 2.82. The van der Waals surface area contributed by atoms with Gasteiger partial charge in [-0.1, -0.05) is 45.8 Å². The molecule has 0 heterocycles. The minimum atomic E-state index is 0.725. The number of hydrogen-bond acceptors (Lipinski definition) is 1. The van der Waals surface area contributed by atoms with Crippen molar-refractivity contribution in [2.75, 3.05) is 5.33 Å². The molecule has 13 heavy (non-hydrogen) atoms. The average Bonchev–Trinajstić information content (AvgIpc) is 2.18. The Morgan fingerprint density at radius 1 is 1.54 bits per heavy atom. The van der Waals surface area contributed by atoms with E-state index in [9.17, 15) is 0 Å². The van der Waals surface area contributed by atoms with Crippen molar-refractivity contribution < 1.29 is 0 Å². The molecule has 0 aliphatic carbocycles. The van der Waals surface area contributed by atoms with Gasteiger partial charge in [-0.25, -0.2) is 0 Å². The summed E-state index contributed by atoms with van der Waals surface area (Å²) < 4.78 is 0. The normalized spacial score (nSPS) is 11.0. The Balaban J connectivity index is 3.09. The van der Waals surface area contributed by atoms with Crippen molar-refractivity contribution in [2.24, 2.45) is 0 Å². The van der Waals surface area contributed by atoms with Gasteiger partial charge in [-0.05, 0) is 18.6 Å². The first kappa shape index (κ1) is 10.0. The SMILES string of the molecule is C/C(=C/c1ccccc1C#N)CBr. The van der Waals surface area contributed by atoms with E-state index in [0.717, 1.165) is 16.5 Å². The largest absolute Gasteiger partial charge is 0.192 e. The molecule has 0 amide bonds. The number of rotatable bonds is 2. The molecule has 0 saturated heterocycles. The summed E-state index contributed by atoms with van der Waals surface area (Å²) in [5.41, 5.74) is 2.92. The van der Waals surface area contributed by atoms with Gasteiger partial charge >= 0.3 is 0 Å². The van der Waals surface area contributed by atoms with Crippen molar-refractivity contribution in [1.29, 1.82) is 5.26 Å². The molecule has 1 aromatic carbocycles. The van der Waals surface area contributed by atoms with E-state index in [4.69, 9.17) is 5.26 Å². The van der Waals surface area contributed by atoms with Gasteiger partial charge in [0.2, 0.25) is 0 Å². The smallest absolute Gasteiger partial charge is 0.0997 e. The molecule has 1 rings (SSSR count). The van der Waals surface area contributed by atoms with Gasteiger partial charge in [0, 0.05) is 5.33 Å². The average molecular weight is 236 g/mol. The molecule has 0 saturated carbocycles. The Morgan fingerprint density at radius 2 is 2.23 bits per heavy atom.